The number of nitrogens with zero attached hydrogens (tertiary/aromatic N) is 3. The second-order valence-electron chi connectivity index (χ2n) is 3.97. The topological polar surface area (TPSA) is 61.6 Å². The number of benzene rings is 1. The van der Waals surface area contributed by atoms with Crippen LogP contribution in [-0.4, -0.2) is 10.2 Å². The lowest BCUT2D eigenvalue weighted by molar-refractivity contribution is -0.141. The molecule has 0 amide bonds. The number of anilines is 1. The van der Waals surface area contributed by atoms with E-state index in [-0.39, 0.29) is 5.82 Å². The van der Waals surface area contributed by atoms with Crippen LogP contribution in [0.5, 0.6) is 0 Å². The zero-order chi connectivity index (χ0) is 14.6. The fraction of sp³-hybridized carbons (Fsp3) is 0.154. The van der Waals surface area contributed by atoms with Gasteiger partial charge in [-0.25, -0.2) is 0 Å². The third-order valence-corrected chi connectivity index (χ3v) is 2.48. The van der Waals surface area contributed by atoms with E-state index in [4.69, 9.17) is 5.26 Å². The van der Waals surface area contributed by atoms with Crippen LogP contribution in [0.1, 0.15) is 16.8 Å². The van der Waals surface area contributed by atoms with Crippen molar-refractivity contribution in [2.75, 3.05) is 5.32 Å². The first-order valence-corrected chi connectivity index (χ1v) is 5.63. The quantitative estimate of drug-likeness (QED) is 0.937. The minimum atomic E-state index is -4.49. The molecule has 102 valence electrons. The molecule has 0 atom stereocenters. The van der Waals surface area contributed by atoms with Crippen LogP contribution in [0.2, 0.25) is 0 Å². The fourth-order valence-corrected chi connectivity index (χ4v) is 1.52. The standard InChI is InChI=1S/C13H9F3N4/c14-13(15,16)11-4-5-12(20-19-11)18-8-10-3-1-2-9(6-10)7-17/h1-6H,8H2,(H,18,20). The van der Waals surface area contributed by atoms with Gasteiger partial charge in [0, 0.05) is 6.54 Å². The van der Waals surface area contributed by atoms with Crippen molar-refractivity contribution < 1.29 is 13.2 Å². The van der Waals surface area contributed by atoms with Gasteiger partial charge in [0.05, 0.1) is 11.6 Å². The molecule has 2 aromatic rings. The van der Waals surface area contributed by atoms with Gasteiger partial charge in [-0.05, 0) is 29.8 Å². The lowest BCUT2D eigenvalue weighted by atomic mass is 10.1. The molecule has 0 bridgehead atoms. The average molecular weight is 278 g/mol. The highest BCUT2D eigenvalue weighted by molar-refractivity contribution is 5.37. The first kappa shape index (κ1) is 13.8. The van der Waals surface area contributed by atoms with Crippen LogP contribution < -0.4 is 5.32 Å². The number of halogens is 3. The largest absolute Gasteiger partial charge is 0.435 e. The fourth-order valence-electron chi connectivity index (χ4n) is 1.52. The minimum absolute atomic E-state index is 0.236. The third kappa shape index (κ3) is 3.45. The number of hydrogen-bond acceptors (Lipinski definition) is 4. The van der Waals surface area contributed by atoms with Crippen molar-refractivity contribution in [1.82, 2.24) is 10.2 Å². The predicted molar refractivity (Wildman–Crippen MR) is 65.5 cm³/mol. The summed E-state index contributed by atoms with van der Waals surface area (Å²) in [4.78, 5) is 0. The second kappa shape index (κ2) is 5.57. The van der Waals surface area contributed by atoms with E-state index in [0.717, 1.165) is 11.6 Å². The van der Waals surface area contributed by atoms with Gasteiger partial charge in [-0.15, -0.1) is 10.2 Å². The summed E-state index contributed by atoms with van der Waals surface area (Å²) in [6.45, 7) is 0.343. The lowest BCUT2D eigenvalue weighted by Gasteiger charge is -2.07. The molecule has 1 N–H and O–H groups in total. The number of aromatic nitrogens is 2. The molecule has 0 saturated heterocycles. The normalized spacial score (nSPS) is 10.9. The number of rotatable bonds is 3. The summed E-state index contributed by atoms with van der Waals surface area (Å²) in [5.74, 6) is 0.236. The lowest BCUT2D eigenvalue weighted by Crippen LogP contribution is -2.10. The van der Waals surface area contributed by atoms with Gasteiger partial charge in [0.15, 0.2) is 5.69 Å². The minimum Gasteiger partial charge on any atom is -0.365 e. The van der Waals surface area contributed by atoms with Crippen LogP contribution in [0.4, 0.5) is 19.0 Å². The molecule has 1 heterocycles. The number of nitrogens with one attached hydrogen (secondary N) is 1. The highest BCUT2D eigenvalue weighted by Crippen LogP contribution is 2.27. The molecule has 1 aromatic carbocycles. The van der Waals surface area contributed by atoms with Crippen molar-refractivity contribution in [2.45, 2.75) is 12.7 Å². The van der Waals surface area contributed by atoms with Gasteiger partial charge in [-0.3, -0.25) is 0 Å². The maximum Gasteiger partial charge on any atom is 0.435 e. The van der Waals surface area contributed by atoms with Crippen LogP contribution in [0.15, 0.2) is 36.4 Å². The molecule has 2 rings (SSSR count). The van der Waals surface area contributed by atoms with Crippen molar-refractivity contribution in [3.63, 3.8) is 0 Å². The molecule has 20 heavy (non-hydrogen) atoms. The zero-order valence-electron chi connectivity index (χ0n) is 10.1. The van der Waals surface area contributed by atoms with Gasteiger partial charge >= 0.3 is 6.18 Å². The summed E-state index contributed by atoms with van der Waals surface area (Å²) in [6, 6.07) is 11.0. The van der Waals surface area contributed by atoms with Crippen molar-refractivity contribution in [2.24, 2.45) is 0 Å². The van der Waals surface area contributed by atoms with E-state index >= 15 is 0 Å². The first-order valence-electron chi connectivity index (χ1n) is 5.63. The molecule has 7 heteroatoms. The molecule has 0 radical (unpaired) electrons. The molecular weight excluding hydrogens is 269 g/mol. The zero-order valence-corrected chi connectivity index (χ0v) is 10.1. The molecule has 0 spiro atoms. The van der Waals surface area contributed by atoms with Crippen LogP contribution in [0, 0.1) is 11.3 Å². The SMILES string of the molecule is N#Cc1cccc(CNc2ccc(C(F)(F)F)nn2)c1. The molecule has 0 aliphatic rings. The maximum absolute atomic E-state index is 12.3. The summed E-state index contributed by atoms with van der Waals surface area (Å²) in [5.41, 5.74) is 0.308. The van der Waals surface area contributed by atoms with Gasteiger partial charge < -0.3 is 5.32 Å². The highest BCUT2D eigenvalue weighted by atomic mass is 19.4. The van der Waals surface area contributed by atoms with Gasteiger partial charge in [-0.1, -0.05) is 12.1 Å². The van der Waals surface area contributed by atoms with E-state index in [9.17, 15) is 13.2 Å². The average Bonchev–Trinajstić information content (AvgIpc) is 2.45. The van der Waals surface area contributed by atoms with Crippen LogP contribution >= 0.6 is 0 Å². The van der Waals surface area contributed by atoms with Gasteiger partial charge in [0.1, 0.15) is 5.82 Å². The Bertz CT molecular complexity index is 629. The van der Waals surface area contributed by atoms with E-state index in [1.165, 1.54) is 6.07 Å². The number of nitriles is 1. The van der Waals surface area contributed by atoms with E-state index in [2.05, 4.69) is 15.5 Å². The van der Waals surface area contributed by atoms with E-state index in [0.29, 0.717) is 12.1 Å². The van der Waals surface area contributed by atoms with Gasteiger partial charge in [0.2, 0.25) is 0 Å². The van der Waals surface area contributed by atoms with E-state index < -0.39 is 11.9 Å². The molecular formula is C13H9F3N4. The summed E-state index contributed by atoms with van der Waals surface area (Å²) < 4.78 is 36.9. The summed E-state index contributed by atoms with van der Waals surface area (Å²) in [7, 11) is 0. The summed E-state index contributed by atoms with van der Waals surface area (Å²) in [5, 5.41) is 18.2. The Morgan fingerprint density at radius 3 is 2.55 bits per heavy atom. The summed E-state index contributed by atoms with van der Waals surface area (Å²) in [6.07, 6.45) is -4.49. The molecule has 0 aliphatic heterocycles. The first-order chi connectivity index (χ1) is 9.49. The Labute approximate surface area is 112 Å². The van der Waals surface area contributed by atoms with Crippen LogP contribution in [0.3, 0.4) is 0 Å². The van der Waals surface area contributed by atoms with Gasteiger partial charge in [-0.2, -0.15) is 18.4 Å². The van der Waals surface area contributed by atoms with E-state index in [1.54, 1.807) is 24.3 Å². The Morgan fingerprint density at radius 1 is 1.15 bits per heavy atom. The van der Waals surface area contributed by atoms with Crippen molar-refractivity contribution >= 4 is 5.82 Å². The van der Waals surface area contributed by atoms with Crippen LogP contribution in [-0.2, 0) is 12.7 Å². The molecule has 1 aromatic heterocycles. The second-order valence-corrected chi connectivity index (χ2v) is 3.97. The third-order valence-electron chi connectivity index (χ3n) is 2.48. The van der Waals surface area contributed by atoms with E-state index in [1.807, 2.05) is 6.07 Å². The monoisotopic (exact) mass is 278 g/mol. The van der Waals surface area contributed by atoms with Crippen molar-refractivity contribution in [3.05, 3.63) is 53.2 Å². The molecule has 0 fully saturated rings. The molecule has 4 nitrogen and oxygen atoms in total. The molecule has 0 saturated carbocycles. The number of alkyl halides is 3. The Balaban J connectivity index is 2.02. The Hall–Kier alpha value is -2.62. The summed E-state index contributed by atoms with van der Waals surface area (Å²) >= 11 is 0. The smallest absolute Gasteiger partial charge is 0.365 e. The van der Waals surface area contributed by atoms with Crippen LogP contribution in [0.25, 0.3) is 0 Å². The Kier molecular flexibility index (Phi) is 3.84. The van der Waals surface area contributed by atoms with Crippen molar-refractivity contribution in [1.29, 1.82) is 5.26 Å². The number of hydrogen-bond donors (Lipinski definition) is 1. The van der Waals surface area contributed by atoms with Crippen molar-refractivity contribution in [3.8, 4) is 6.07 Å². The molecule has 0 aliphatic carbocycles. The Morgan fingerprint density at radius 2 is 1.95 bits per heavy atom. The maximum atomic E-state index is 12.3. The van der Waals surface area contributed by atoms with Gasteiger partial charge in [0.25, 0.3) is 0 Å². The molecule has 0 unspecified atom stereocenters. The highest BCUT2D eigenvalue weighted by Gasteiger charge is 2.32. The predicted octanol–water partition coefficient (Wildman–Crippen LogP) is 2.98.